The number of likely N-dealkylation sites (tertiary alicyclic amines) is 1. The third-order valence-electron chi connectivity index (χ3n) is 5.39. The zero-order valence-corrected chi connectivity index (χ0v) is 15.3. The summed E-state index contributed by atoms with van der Waals surface area (Å²) in [4.78, 5) is 14.4. The Morgan fingerprint density at radius 1 is 1.42 bits per heavy atom. The second-order valence-corrected chi connectivity index (χ2v) is 6.92. The van der Waals surface area contributed by atoms with Crippen molar-refractivity contribution in [3.8, 4) is 5.75 Å². The lowest BCUT2D eigenvalue weighted by Crippen LogP contribution is -2.48. The fourth-order valence-electron chi connectivity index (χ4n) is 3.35. The summed E-state index contributed by atoms with van der Waals surface area (Å²) in [5.74, 6) is 0.789. The van der Waals surface area contributed by atoms with Crippen LogP contribution in [0, 0.1) is 12.3 Å². The van der Waals surface area contributed by atoms with Crippen molar-refractivity contribution in [2.24, 2.45) is 5.41 Å². The van der Waals surface area contributed by atoms with Crippen molar-refractivity contribution < 1.29 is 14.6 Å². The lowest BCUT2D eigenvalue weighted by atomic mass is 9.77. The van der Waals surface area contributed by atoms with Gasteiger partial charge in [-0.1, -0.05) is 24.6 Å². The molecular weight excluding hydrogens is 304 g/mol. The number of rotatable bonds is 5. The molecule has 5 heteroatoms. The molecule has 1 aliphatic rings. The van der Waals surface area contributed by atoms with Crippen molar-refractivity contribution >= 4 is 6.03 Å². The Balaban J connectivity index is 1.99. The minimum Gasteiger partial charge on any atom is -0.496 e. The summed E-state index contributed by atoms with van der Waals surface area (Å²) >= 11 is 0. The van der Waals surface area contributed by atoms with E-state index < -0.39 is 0 Å². The lowest BCUT2D eigenvalue weighted by Gasteiger charge is -2.40. The van der Waals surface area contributed by atoms with Crippen LogP contribution in [0.5, 0.6) is 5.75 Å². The van der Waals surface area contributed by atoms with Crippen LogP contribution in [0.2, 0.25) is 0 Å². The molecule has 1 aliphatic heterocycles. The van der Waals surface area contributed by atoms with E-state index in [2.05, 4.69) is 12.2 Å². The molecular formula is C19H30N2O3. The molecule has 1 heterocycles. The van der Waals surface area contributed by atoms with Crippen LogP contribution in [0.3, 0.4) is 0 Å². The maximum Gasteiger partial charge on any atom is 0.317 e. The Bertz CT molecular complexity index is 560. The predicted molar refractivity (Wildman–Crippen MR) is 95.3 cm³/mol. The van der Waals surface area contributed by atoms with Gasteiger partial charge in [-0.3, -0.25) is 0 Å². The Hall–Kier alpha value is -1.75. The summed E-state index contributed by atoms with van der Waals surface area (Å²) in [5, 5.41) is 12.7. The molecule has 1 unspecified atom stereocenters. The average molecular weight is 334 g/mol. The molecule has 2 N–H and O–H groups in total. The van der Waals surface area contributed by atoms with Crippen LogP contribution in [-0.2, 0) is 0 Å². The van der Waals surface area contributed by atoms with Gasteiger partial charge in [-0.15, -0.1) is 0 Å². The molecule has 134 valence electrons. The zero-order valence-electron chi connectivity index (χ0n) is 15.3. The predicted octanol–water partition coefficient (Wildman–Crippen LogP) is 3.26. The molecule has 1 aromatic carbocycles. The Morgan fingerprint density at radius 3 is 2.62 bits per heavy atom. The maximum absolute atomic E-state index is 12.6. The molecule has 2 amide bonds. The van der Waals surface area contributed by atoms with E-state index in [1.54, 1.807) is 7.11 Å². The molecule has 1 fully saturated rings. The van der Waals surface area contributed by atoms with Gasteiger partial charge in [-0.05, 0) is 44.6 Å². The van der Waals surface area contributed by atoms with Crippen LogP contribution >= 0.6 is 0 Å². The zero-order chi connectivity index (χ0) is 17.7. The molecule has 5 nitrogen and oxygen atoms in total. The summed E-state index contributed by atoms with van der Waals surface area (Å²) in [6.45, 7) is 7.70. The second-order valence-electron chi connectivity index (χ2n) is 6.92. The summed E-state index contributed by atoms with van der Waals surface area (Å²) in [6.07, 6.45) is 2.67. The number of nitrogens with zero attached hydrogens (tertiary/aromatic N) is 1. The molecule has 24 heavy (non-hydrogen) atoms. The van der Waals surface area contributed by atoms with Crippen molar-refractivity contribution in [1.82, 2.24) is 10.2 Å². The number of methoxy groups -OCH3 is 1. The minimum absolute atomic E-state index is 0.0117. The molecule has 0 saturated carbocycles. The molecule has 1 aromatic rings. The van der Waals surface area contributed by atoms with Crippen molar-refractivity contribution in [3.05, 3.63) is 29.3 Å². The SMILES string of the molecule is CCC1(CO)CCN(C(=O)NC(C)c2cc(C)ccc2OC)CC1. The third-order valence-corrected chi connectivity index (χ3v) is 5.39. The van der Waals surface area contributed by atoms with E-state index in [4.69, 9.17) is 4.74 Å². The van der Waals surface area contributed by atoms with E-state index in [0.29, 0.717) is 13.1 Å². The number of ether oxygens (including phenoxy) is 1. The second kappa shape index (κ2) is 7.88. The fraction of sp³-hybridized carbons (Fsp3) is 0.632. The van der Waals surface area contributed by atoms with Gasteiger partial charge in [0.05, 0.1) is 13.2 Å². The minimum atomic E-state index is -0.122. The van der Waals surface area contributed by atoms with E-state index in [1.165, 1.54) is 0 Å². The number of amides is 2. The number of hydrogen-bond donors (Lipinski definition) is 2. The number of nitrogens with one attached hydrogen (secondary N) is 1. The number of carbonyl (C=O) groups is 1. The van der Waals surface area contributed by atoms with Gasteiger partial charge in [-0.25, -0.2) is 4.79 Å². The first-order valence-corrected chi connectivity index (χ1v) is 8.75. The smallest absolute Gasteiger partial charge is 0.317 e. The average Bonchev–Trinajstić information content (AvgIpc) is 2.61. The molecule has 0 bridgehead atoms. The van der Waals surface area contributed by atoms with Crippen LogP contribution in [0.1, 0.15) is 50.3 Å². The van der Waals surface area contributed by atoms with Gasteiger partial charge in [0.25, 0.3) is 0 Å². The van der Waals surface area contributed by atoms with Crippen LogP contribution in [0.4, 0.5) is 4.79 Å². The standard InChI is InChI=1S/C19H30N2O3/c1-5-19(13-22)8-10-21(11-9-19)18(23)20-15(3)16-12-14(2)6-7-17(16)24-4/h6-7,12,15,22H,5,8-11,13H2,1-4H3,(H,20,23). The number of benzene rings is 1. The quantitative estimate of drug-likeness (QED) is 0.869. The van der Waals surface area contributed by atoms with Gasteiger partial charge in [0, 0.05) is 25.3 Å². The molecule has 0 aromatic heterocycles. The molecule has 1 atom stereocenters. The molecule has 0 radical (unpaired) electrons. The Morgan fingerprint density at radius 2 is 2.08 bits per heavy atom. The number of piperidine rings is 1. The van der Waals surface area contributed by atoms with E-state index in [1.807, 2.05) is 36.9 Å². The van der Waals surface area contributed by atoms with Gasteiger partial charge in [-0.2, -0.15) is 0 Å². The number of aliphatic hydroxyl groups is 1. The number of carbonyl (C=O) groups excluding carboxylic acids is 1. The number of urea groups is 1. The monoisotopic (exact) mass is 334 g/mol. The van der Waals surface area contributed by atoms with Crippen molar-refractivity contribution in [2.45, 2.75) is 46.1 Å². The van der Waals surface area contributed by atoms with Crippen LogP contribution in [-0.4, -0.2) is 42.8 Å². The molecule has 0 aliphatic carbocycles. The first-order valence-electron chi connectivity index (χ1n) is 8.75. The van der Waals surface area contributed by atoms with Gasteiger partial charge < -0.3 is 20.1 Å². The van der Waals surface area contributed by atoms with Crippen LogP contribution < -0.4 is 10.1 Å². The topological polar surface area (TPSA) is 61.8 Å². The van der Waals surface area contributed by atoms with Gasteiger partial charge in [0.1, 0.15) is 5.75 Å². The highest BCUT2D eigenvalue weighted by Crippen LogP contribution is 2.34. The molecule has 1 saturated heterocycles. The highest BCUT2D eigenvalue weighted by molar-refractivity contribution is 5.75. The summed E-state index contributed by atoms with van der Waals surface area (Å²) in [5.41, 5.74) is 2.11. The van der Waals surface area contributed by atoms with Crippen molar-refractivity contribution in [2.75, 3.05) is 26.8 Å². The van der Waals surface area contributed by atoms with E-state index in [9.17, 15) is 9.90 Å². The maximum atomic E-state index is 12.6. The fourth-order valence-corrected chi connectivity index (χ4v) is 3.35. The summed E-state index contributed by atoms with van der Waals surface area (Å²) < 4.78 is 5.41. The first-order chi connectivity index (χ1) is 11.4. The third kappa shape index (κ3) is 4.01. The largest absolute Gasteiger partial charge is 0.496 e. The van der Waals surface area contributed by atoms with Gasteiger partial charge >= 0.3 is 6.03 Å². The van der Waals surface area contributed by atoms with Gasteiger partial charge in [0.15, 0.2) is 0 Å². The highest BCUT2D eigenvalue weighted by atomic mass is 16.5. The van der Waals surface area contributed by atoms with Crippen molar-refractivity contribution in [1.29, 1.82) is 0 Å². The molecule has 0 spiro atoms. The highest BCUT2D eigenvalue weighted by Gasteiger charge is 2.34. The van der Waals surface area contributed by atoms with Crippen LogP contribution in [0.25, 0.3) is 0 Å². The van der Waals surface area contributed by atoms with E-state index >= 15 is 0 Å². The van der Waals surface area contributed by atoms with E-state index in [-0.39, 0.29) is 24.1 Å². The summed E-state index contributed by atoms with van der Waals surface area (Å²) in [6, 6.07) is 5.82. The lowest BCUT2D eigenvalue weighted by molar-refractivity contribution is 0.0515. The van der Waals surface area contributed by atoms with Crippen LogP contribution in [0.15, 0.2) is 18.2 Å². The van der Waals surface area contributed by atoms with Crippen molar-refractivity contribution in [3.63, 3.8) is 0 Å². The van der Waals surface area contributed by atoms with Gasteiger partial charge in [0.2, 0.25) is 0 Å². The number of aryl methyl sites for hydroxylation is 1. The summed E-state index contributed by atoms with van der Waals surface area (Å²) in [7, 11) is 1.65. The normalized spacial score (nSPS) is 18.1. The number of hydrogen-bond acceptors (Lipinski definition) is 3. The first kappa shape index (κ1) is 18.6. The molecule has 2 rings (SSSR count). The van der Waals surface area contributed by atoms with E-state index in [0.717, 1.165) is 36.1 Å². The Labute approximate surface area is 145 Å². The number of aliphatic hydroxyl groups excluding tert-OH is 1. The Kier molecular flexibility index (Phi) is 6.10.